The van der Waals surface area contributed by atoms with Crippen LogP contribution in [0.4, 0.5) is 11.4 Å². The van der Waals surface area contributed by atoms with Crippen LogP contribution in [-0.2, 0) is 0 Å². The Morgan fingerprint density at radius 1 is 1.27 bits per heavy atom. The Morgan fingerprint density at radius 2 is 2.00 bits per heavy atom. The third-order valence-electron chi connectivity index (χ3n) is 3.09. The summed E-state index contributed by atoms with van der Waals surface area (Å²) in [6.45, 7) is 1.88. The van der Waals surface area contributed by atoms with Crippen molar-refractivity contribution in [1.82, 2.24) is 0 Å². The highest BCUT2D eigenvalue weighted by molar-refractivity contribution is 9.10. The maximum absolute atomic E-state index is 12.3. The lowest BCUT2D eigenvalue weighted by Gasteiger charge is -2.09. The molecule has 0 atom stereocenters. The maximum Gasteiger partial charge on any atom is 0.283 e. The highest BCUT2D eigenvalue weighted by Crippen LogP contribution is 2.29. The van der Waals surface area contributed by atoms with E-state index in [4.69, 9.17) is 0 Å². The Morgan fingerprint density at radius 3 is 2.64 bits per heavy atom. The van der Waals surface area contributed by atoms with Crippen molar-refractivity contribution in [2.75, 3.05) is 11.6 Å². The van der Waals surface area contributed by atoms with Gasteiger partial charge in [-0.15, -0.1) is 11.8 Å². The number of hydrogen-bond donors (Lipinski definition) is 1. The Kier molecular flexibility index (Phi) is 5.20. The standard InChI is InChI=1S/C15H13BrN2O3S/c1-9-3-5-11(16)8-12(9)17-15(19)10-4-6-14(22-2)13(7-10)18(20)21/h3-8H,1-2H3,(H,17,19). The Balaban J connectivity index is 2.32. The quantitative estimate of drug-likeness (QED) is 0.476. The van der Waals surface area contributed by atoms with Gasteiger partial charge in [-0.3, -0.25) is 14.9 Å². The van der Waals surface area contributed by atoms with E-state index in [2.05, 4.69) is 21.2 Å². The number of nitrogens with one attached hydrogen (secondary N) is 1. The van der Waals surface area contributed by atoms with E-state index < -0.39 is 4.92 Å². The van der Waals surface area contributed by atoms with Crippen molar-refractivity contribution in [1.29, 1.82) is 0 Å². The van der Waals surface area contributed by atoms with E-state index in [-0.39, 0.29) is 17.2 Å². The van der Waals surface area contributed by atoms with Gasteiger partial charge in [0.05, 0.1) is 9.82 Å². The van der Waals surface area contributed by atoms with Crippen LogP contribution in [0.1, 0.15) is 15.9 Å². The summed E-state index contributed by atoms with van der Waals surface area (Å²) in [5.74, 6) is -0.378. The van der Waals surface area contributed by atoms with Gasteiger partial charge in [-0.05, 0) is 43.0 Å². The van der Waals surface area contributed by atoms with Crippen LogP contribution in [0.3, 0.4) is 0 Å². The number of carbonyl (C=O) groups is 1. The number of hydrogen-bond acceptors (Lipinski definition) is 4. The molecule has 0 unspecified atom stereocenters. The van der Waals surface area contributed by atoms with Gasteiger partial charge >= 0.3 is 0 Å². The number of anilines is 1. The second-order valence-electron chi connectivity index (χ2n) is 4.56. The van der Waals surface area contributed by atoms with Crippen LogP contribution in [-0.4, -0.2) is 17.1 Å². The van der Waals surface area contributed by atoms with Crippen molar-refractivity contribution in [2.45, 2.75) is 11.8 Å². The van der Waals surface area contributed by atoms with Gasteiger partial charge in [0.25, 0.3) is 11.6 Å². The molecule has 0 radical (unpaired) electrons. The summed E-state index contributed by atoms with van der Waals surface area (Å²) >= 11 is 4.62. The zero-order valence-electron chi connectivity index (χ0n) is 11.9. The average Bonchev–Trinajstić information content (AvgIpc) is 2.50. The smallest absolute Gasteiger partial charge is 0.283 e. The van der Waals surface area contributed by atoms with E-state index in [1.165, 1.54) is 17.8 Å². The van der Waals surface area contributed by atoms with Crippen LogP contribution in [0.5, 0.6) is 0 Å². The average molecular weight is 381 g/mol. The molecule has 1 N–H and O–H groups in total. The number of nitro benzene ring substituents is 1. The fourth-order valence-corrected chi connectivity index (χ4v) is 2.81. The minimum absolute atomic E-state index is 0.0638. The lowest BCUT2D eigenvalue weighted by atomic mass is 10.1. The van der Waals surface area contributed by atoms with Gasteiger partial charge in [0.2, 0.25) is 0 Å². The van der Waals surface area contributed by atoms with E-state index in [1.54, 1.807) is 24.5 Å². The van der Waals surface area contributed by atoms with Gasteiger partial charge in [-0.2, -0.15) is 0 Å². The first-order valence-electron chi connectivity index (χ1n) is 6.32. The first kappa shape index (κ1) is 16.5. The molecule has 0 fully saturated rings. The van der Waals surface area contributed by atoms with Crippen LogP contribution >= 0.6 is 27.7 Å². The molecular weight excluding hydrogens is 368 g/mol. The molecule has 0 aliphatic heterocycles. The number of thioether (sulfide) groups is 1. The van der Waals surface area contributed by atoms with Crippen molar-refractivity contribution in [3.63, 3.8) is 0 Å². The van der Waals surface area contributed by atoms with Crippen LogP contribution in [0, 0.1) is 17.0 Å². The third kappa shape index (κ3) is 3.66. The van der Waals surface area contributed by atoms with E-state index >= 15 is 0 Å². The van der Waals surface area contributed by atoms with E-state index in [0.717, 1.165) is 10.0 Å². The van der Waals surface area contributed by atoms with Crippen LogP contribution in [0.15, 0.2) is 45.8 Å². The summed E-state index contributed by atoms with van der Waals surface area (Å²) in [7, 11) is 0. The molecule has 0 saturated heterocycles. The molecule has 2 rings (SSSR count). The molecule has 1 amide bonds. The van der Waals surface area contributed by atoms with Crippen LogP contribution in [0.2, 0.25) is 0 Å². The first-order valence-corrected chi connectivity index (χ1v) is 8.34. The molecule has 0 heterocycles. The number of nitro groups is 1. The van der Waals surface area contributed by atoms with Gasteiger partial charge in [-0.1, -0.05) is 22.0 Å². The number of halogens is 1. The second-order valence-corrected chi connectivity index (χ2v) is 6.32. The van der Waals surface area contributed by atoms with Gasteiger partial charge in [0, 0.05) is 21.8 Å². The number of rotatable bonds is 4. The highest BCUT2D eigenvalue weighted by Gasteiger charge is 2.17. The molecule has 0 aromatic heterocycles. The van der Waals surface area contributed by atoms with Crippen molar-refractivity contribution >= 4 is 45.0 Å². The van der Waals surface area contributed by atoms with E-state index in [9.17, 15) is 14.9 Å². The van der Waals surface area contributed by atoms with Gasteiger partial charge in [-0.25, -0.2) is 0 Å². The summed E-state index contributed by atoms with van der Waals surface area (Å²) in [5.41, 5.74) is 1.76. The van der Waals surface area contributed by atoms with Crippen LogP contribution in [0.25, 0.3) is 0 Å². The normalized spacial score (nSPS) is 10.3. The second kappa shape index (κ2) is 6.93. The van der Waals surface area contributed by atoms with Gasteiger partial charge in [0.1, 0.15) is 0 Å². The predicted molar refractivity (Wildman–Crippen MR) is 91.7 cm³/mol. The third-order valence-corrected chi connectivity index (χ3v) is 4.36. The van der Waals surface area contributed by atoms with Gasteiger partial charge < -0.3 is 5.32 Å². The molecule has 0 aliphatic rings. The fourth-order valence-electron chi connectivity index (χ4n) is 1.90. The van der Waals surface area contributed by atoms with E-state index in [1.807, 2.05) is 19.1 Å². The van der Waals surface area contributed by atoms with Crippen molar-refractivity contribution in [3.05, 3.63) is 62.1 Å². The summed E-state index contributed by atoms with van der Waals surface area (Å²) in [6.07, 6.45) is 1.76. The SMILES string of the molecule is CSc1ccc(C(=O)Nc2cc(Br)ccc2C)cc1[N+](=O)[O-]. The first-order chi connectivity index (χ1) is 10.4. The lowest BCUT2D eigenvalue weighted by Crippen LogP contribution is -2.13. The molecule has 0 spiro atoms. The monoisotopic (exact) mass is 380 g/mol. The molecule has 2 aromatic rings. The Labute approximate surface area is 140 Å². The molecule has 0 saturated carbocycles. The molecule has 5 nitrogen and oxygen atoms in total. The summed E-state index contributed by atoms with van der Waals surface area (Å²) in [4.78, 5) is 23.4. The predicted octanol–water partition coefficient (Wildman–Crippen LogP) is 4.64. The number of benzene rings is 2. The molecular formula is C15H13BrN2O3S. The number of carbonyl (C=O) groups excluding carboxylic acids is 1. The zero-order valence-corrected chi connectivity index (χ0v) is 14.3. The maximum atomic E-state index is 12.3. The van der Waals surface area contributed by atoms with Crippen molar-refractivity contribution in [2.24, 2.45) is 0 Å². The molecule has 114 valence electrons. The highest BCUT2D eigenvalue weighted by atomic mass is 79.9. The van der Waals surface area contributed by atoms with E-state index in [0.29, 0.717) is 10.6 Å². The number of nitrogens with zero attached hydrogens (tertiary/aromatic N) is 1. The van der Waals surface area contributed by atoms with Crippen LogP contribution < -0.4 is 5.32 Å². The summed E-state index contributed by atoms with van der Waals surface area (Å²) in [6, 6.07) is 10.0. The molecule has 22 heavy (non-hydrogen) atoms. The van der Waals surface area contributed by atoms with Gasteiger partial charge in [0.15, 0.2) is 0 Å². The molecule has 0 aliphatic carbocycles. The number of amides is 1. The minimum atomic E-state index is -0.479. The van der Waals surface area contributed by atoms with Crippen molar-refractivity contribution in [3.8, 4) is 0 Å². The lowest BCUT2D eigenvalue weighted by molar-refractivity contribution is -0.387. The zero-order chi connectivity index (χ0) is 16.3. The minimum Gasteiger partial charge on any atom is -0.322 e. The number of aryl methyl sites for hydroxylation is 1. The summed E-state index contributed by atoms with van der Waals surface area (Å²) < 4.78 is 0.845. The molecule has 7 heteroatoms. The Bertz CT molecular complexity index is 750. The van der Waals surface area contributed by atoms with Crippen molar-refractivity contribution < 1.29 is 9.72 Å². The summed E-state index contributed by atoms with van der Waals surface area (Å²) in [5, 5.41) is 13.8. The molecule has 2 aromatic carbocycles. The fraction of sp³-hybridized carbons (Fsp3) is 0.133. The molecule has 0 bridgehead atoms. The Hall–Kier alpha value is -1.86. The topological polar surface area (TPSA) is 72.2 Å². The largest absolute Gasteiger partial charge is 0.322 e.